The number of aromatic nitrogens is 1. The molecule has 0 unspecified atom stereocenters. The molecule has 0 fully saturated rings. The number of benzene rings is 2. The van der Waals surface area contributed by atoms with Crippen LogP contribution in [0.1, 0.15) is 11.3 Å². The fourth-order valence-corrected chi connectivity index (χ4v) is 3.37. The van der Waals surface area contributed by atoms with E-state index in [1.807, 2.05) is 55.5 Å². The predicted octanol–water partition coefficient (Wildman–Crippen LogP) is 4.95. The van der Waals surface area contributed by atoms with E-state index in [-0.39, 0.29) is 12.4 Å². The Hall–Kier alpha value is -3.28. The summed E-state index contributed by atoms with van der Waals surface area (Å²) in [5.41, 5.74) is 10.3. The molecule has 0 saturated heterocycles. The van der Waals surface area contributed by atoms with Crippen LogP contribution < -0.4 is 10.5 Å². The molecular formula is C22H16BrN3O. The number of nitrogens with zero attached hydrogens (tertiary/aromatic N) is 2. The van der Waals surface area contributed by atoms with Gasteiger partial charge in [0.15, 0.2) is 0 Å². The third kappa shape index (κ3) is 3.65. The summed E-state index contributed by atoms with van der Waals surface area (Å²) in [6.07, 6.45) is 5.35. The highest BCUT2D eigenvalue weighted by molar-refractivity contribution is 9.10. The molecule has 4 nitrogen and oxygen atoms in total. The average molecular weight is 418 g/mol. The lowest BCUT2D eigenvalue weighted by molar-refractivity contribution is 0.372. The van der Waals surface area contributed by atoms with Gasteiger partial charge in [-0.05, 0) is 30.7 Å². The van der Waals surface area contributed by atoms with Gasteiger partial charge < -0.3 is 10.5 Å². The molecule has 3 aromatic rings. The average Bonchev–Trinajstić information content (AvgIpc) is 2.67. The number of hydrogen-bond acceptors (Lipinski definition) is 4. The number of hydrogen-bond donors (Lipinski definition) is 1. The Bertz CT molecular complexity index is 1080. The van der Waals surface area contributed by atoms with Gasteiger partial charge in [0.1, 0.15) is 29.8 Å². The van der Waals surface area contributed by atoms with Gasteiger partial charge in [0, 0.05) is 26.9 Å². The number of nitrogen functional groups attached to an aromatic ring is 1. The number of terminal acetylenes is 1. The molecule has 0 atom stereocenters. The largest absolute Gasteiger partial charge is 0.480 e. The fourth-order valence-electron chi connectivity index (χ4n) is 3.01. The van der Waals surface area contributed by atoms with Gasteiger partial charge in [0.25, 0.3) is 0 Å². The first-order valence-electron chi connectivity index (χ1n) is 8.18. The van der Waals surface area contributed by atoms with Crippen LogP contribution in [0.25, 0.3) is 22.3 Å². The van der Waals surface area contributed by atoms with Gasteiger partial charge in [-0.1, -0.05) is 52.2 Å². The highest BCUT2D eigenvalue weighted by Crippen LogP contribution is 2.43. The number of nitrogens with two attached hydrogens (primary N) is 1. The number of ether oxygens (including phenoxy) is 1. The van der Waals surface area contributed by atoms with Crippen LogP contribution in [0.3, 0.4) is 0 Å². The van der Waals surface area contributed by atoms with Gasteiger partial charge in [-0.25, -0.2) is 4.98 Å². The molecular weight excluding hydrogens is 402 g/mol. The van der Waals surface area contributed by atoms with Crippen molar-refractivity contribution >= 4 is 21.7 Å². The summed E-state index contributed by atoms with van der Waals surface area (Å²) in [5.74, 6) is 3.24. The molecule has 0 aliphatic carbocycles. The summed E-state index contributed by atoms with van der Waals surface area (Å²) in [7, 11) is 0. The molecule has 1 heterocycles. The third-order valence-corrected chi connectivity index (χ3v) is 4.60. The molecule has 0 amide bonds. The highest BCUT2D eigenvalue weighted by Gasteiger charge is 2.22. The molecule has 0 bridgehead atoms. The van der Waals surface area contributed by atoms with Crippen molar-refractivity contribution in [2.75, 3.05) is 12.3 Å². The van der Waals surface area contributed by atoms with Gasteiger partial charge >= 0.3 is 0 Å². The van der Waals surface area contributed by atoms with Crippen molar-refractivity contribution < 1.29 is 4.74 Å². The second-order valence-corrected chi connectivity index (χ2v) is 6.73. The minimum atomic E-state index is 0.122. The second-order valence-electron chi connectivity index (χ2n) is 5.82. The van der Waals surface area contributed by atoms with Gasteiger partial charge in [0.2, 0.25) is 0 Å². The van der Waals surface area contributed by atoms with Crippen molar-refractivity contribution in [3.8, 4) is 46.4 Å². The van der Waals surface area contributed by atoms with Crippen molar-refractivity contribution in [3.05, 3.63) is 64.3 Å². The number of pyridine rings is 1. The zero-order chi connectivity index (χ0) is 19.4. The smallest absolute Gasteiger partial charge is 0.148 e. The first kappa shape index (κ1) is 18.5. The molecule has 3 rings (SSSR count). The SMILES string of the molecule is C#CCOc1ccc(Br)cc1-c1c(C#N)c(N)nc(C)c1-c1ccccc1. The van der Waals surface area contributed by atoms with Crippen LogP contribution in [0.4, 0.5) is 5.82 Å². The molecule has 0 aliphatic rings. The lowest BCUT2D eigenvalue weighted by Crippen LogP contribution is -2.04. The lowest BCUT2D eigenvalue weighted by Gasteiger charge is -2.18. The van der Waals surface area contributed by atoms with E-state index in [4.69, 9.17) is 16.9 Å². The van der Waals surface area contributed by atoms with Crippen molar-refractivity contribution in [1.29, 1.82) is 5.26 Å². The maximum Gasteiger partial charge on any atom is 0.148 e. The molecule has 0 radical (unpaired) electrons. The van der Waals surface area contributed by atoms with Crippen molar-refractivity contribution in [2.24, 2.45) is 0 Å². The van der Waals surface area contributed by atoms with Gasteiger partial charge in [0.05, 0.1) is 0 Å². The minimum Gasteiger partial charge on any atom is -0.480 e. The van der Waals surface area contributed by atoms with Crippen LogP contribution in [-0.4, -0.2) is 11.6 Å². The van der Waals surface area contributed by atoms with E-state index in [1.165, 1.54) is 0 Å². The first-order valence-corrected chi connectivity index (χ1v) is 8.98. The topological polar surface area (TPSA) is 71.9 Å². The molecule has 132 valence electrons. The van der Waals surface area contributed by atoms with E-state index < -0.39 is 0 Å². The molecule has 1 aromatic heterocycles. The number of rotatable bonds is 4. The number of aryl methyl sites for hydroxylation is 1. The van der Waals surface area contributed by atoms with Crippen molar-refractivity contribution in [2.45, 2.75) is 6.92 Å². The van der Waals surface area contributed by atoms with Crippen LogP contribution in [0.2, 0.25) is 0 Å². The van der Waals surface area contributed by atoms with E-state index >= 15 is 0 Å². The first-order chi connectivity index (χ1) is 13.1. The Morgan fingerprint density at radius 1 is 1.19 bits per heavy atom. The van der Waals surface area contributed by atoms with Crippen LogP contribution in [0.5, 0.6) is 5.75 Å². The number of nitriles is 1. The van der Waals surface area contributed by atoms with Crippen LogP contribution in [0.15, 0.2) is 53.0 Å². The Morgan fingerprint density at radius 2 is 1.93 bits per heavy atom. The third-order valence-electron chi connectivity index (χ3n) is 4.10. The monoisotopic (exact) mass is 417 g/mol. The Labute approximate surface area is 166 Å². The number of halogens is 1. The molecule has 5 heteroatoms. The van der Waals surface area contributed by atoms with Crippen LogP contribution in [-0.2, 0) is 0 Å². The zero-order valence-corrected chi connectivity index (χ0v) is 16.2. The quantitative estimate of drug-likeness (QED) is 0.609. The van der Waals surface area contributed by atoms with Crippen LogP contribution in [0, 0.1) is 30.6 Å². The van der Waals surface area contributed by atoms with E-state index in [1.54, 1.807) is 0 Å². The Balaban J connectivity index is 2.41. The fraction of sp³-hybridized carbons (Fsp3) is 0.0909. The molecule has 2 N–H and O–H groups in total. The van der Waals surface area contributed by atoms with Gasteiger partial charge in [-0.15, -0.1) is 6.42 Å². The molecule has 2 aromatic carbocycles. The summed E-state index contributed by atoms with van der Waals surface area (Å²) < 4.78 is 6.59. The van der Waals surface area contributed by atoms with Gasteiger partial charge in [-0.3, -0.25) is 0 Å². The molecule has 0 saturated carbocycles. The number of anilines is 1. The maximum absolute atomic E-state index is 9.80. The zero-order valence-electron chi connectivity index (χ0n) is 14.7. The van der Waals surface area contributed by atoms with Crippen molar-refractivity contribution in [1.82, 2.24) is 4.98 Å². The maximum atomic E-state index is 9.80. The van der Waals surface area contributed by atoms with E-state index in [9.17, 15) is 5.26 Å². The summed E-state index contributed by atoms with van der Waals surface area (Å²) in [6, 6.07) is 17.6. The Morgan fingerprint density at radius 3 is 2.59 bits per heavy atom. The lowest BCUT2D eigenvalue weighted by atomic mass is 9.89. The van der Waals surface area contributed by atoms with E-state index in [0.717, 1.165) is 26.9 Å². The highest BCUT2D eigenvalue weighted by atomic mass is 79.9. The Kier molecular flexibility index (Phi) is 5.45. The van der Waals surface area contributed by atoms with E-state index in [2.05, 4.69) is 32.9 Å². The summed E-state index contributed by atoms with van der Waals surface area (Å²) in [6.45, 7) is 2.00. The molecule has 0 aliphatic heterocycles. The van der Waals surface area contributed by atoms with Crippen LogP contribution >= 0.6 is 15.9 Å². The standard InChI is InChI=1S/C22H16BrN3O/c1-3-11-27-19-10-9-16(23)12-17(19)21-18(13-24)22(25)26-14(2)20(21)15-7-5-4-6-8-15/h1,4-10,12H,11H2,2H3,(H2,25,26). The summed E-state index contributed by atoms with van der Waals surface area (Å²) in [4.78, 5) is 4.39. The minimum absolute atomic E-state index is 0.122. The van der Waals surface area contributed by atoms with Gasteiger partial charge in [-0.2, -0.15) is 5.26 Å². The summed E-state index contributed by atoms with van der Waals surface area (Å²) in [5, 5.41) is 9.80. The van der Waals surface area contributed by atoms with E-state index in [0.29, 0.717) is 16.9 Å². The summed E-state index contributed by atoms with van der Waals surface area (Å²) >= 11 is 3.50. The normalized spacial score (nSPS) is 10.1. The predicted molar refractivity (Wildman–Crippen MR) is 111 cm³/mol. The molecule has 0 spiro atoms. The second kappa shape index (κ2) is 7.95. The van der Waals surface area contributed by atoms with Crippen molar-refractivity contribution in [3.63, 3.8) is 0 Å². The molecule has 27 heavy (non-hydrogen) atoms.